The molecule has 1 rings (SSSR count). The molecule has 0 unspecified atom stereocenters. The molecule has 0 aliphatic rings. The van der Waals surface area contributed by atoms with E-state index in [1.54, 1.807) is 7.11 Å². The van der Waals surface area contributed by atoms with E-state index in [-0.39, 0.29) is 0 Å². The van der Waals surface area contributed by atoms with Gasteiger partial charge in [-0.3, -0.25) is 0 Å². The predicted molar refractivity (Wildman–Crippen MR) is 82.1 cm³/mol. The Balaban J connectivity index is 1.94. The van der Waals surface area contributed by atoms with Crippen LogP contribution in [0.5, 0.6) is 11.5 Å². The average molecular weight is 298 g/mol. The highest BCUT2D eigenvalue weighted by Crippen LogP contribution is 2.17. The summed E-state index contributed by atoms with van der Waals surface area (Å²) in [5.41, 5.74) is 0. The van der Waals surface area contributed by atoms with Crippen LogP contribution in [-0.4, -0.2) is 53.2 Å². The van der Waals surface area contributed by atoms with Crippen LogP contribution >= 0.6 is 0 Å². The van der Waals surface area contributed by atoms with Gasteiger partial charge in [0.1, 0.15) is 18.1 Å². The van der Waals surface area contributed by atoms with Crippen molar-refractivity contribution in [2.45, 2.75) is 13.3 Å². The summed E-state index contributed by atoms with van der Waals surface area (Å²) in [4.78, 5) is 0. The first-order valence-electron chi connectivity index (χ1n) is 7.60. The highest BCUT2D eigenvalue weighted by molar-refractivity contribution is 5.31. The maximum absolute atomic E-state index is 5.59. The summed E-state index contributed by atoms with van der Waals surface area (Å²) >= 11 is 0. The molecule has 5 heteroatoms. The van der Waals surface area contributed by atoms with E-state index in [0.29, 0.717) is 19.8 Å². The standard InChI is InChI=1S/C16H27NO4/c1-3-20-15-5-7-16(8-6-15)21-14-13-19-12-10-17-9-4-11-18-2/h5-8,17H,3-4,9-14H2,1-2H3/p+1. The second-order valence-corrected chi connectivity index (χ2v) is 4.58. The summed E-state index contributed by atoms with van der Waals surface area (Å²) in [6.45, 7) is 7.46. The number of hydrogen-bond donors (Lipinski definition) is 1. The lowest BCUT2D eigenvalue weighted by Gasteiger charge is -2.08. The third kappa shape index (κ3) is 9.28. The molecule has 0 aliphatic heterocycles. The molecule has 0 bridgehead atoms. The van der Waals surface area contributed by atoms with Gasteiger partial charge < -0.3 is 24.3 Å². The van der Waals surface area contributed by atoms with Crippen LogP contribution in [0.15, 0.2) is 24.3 Å². The summed E-state index contributed by atoms with van der Waals surface area (Å²) < 4.78 is 21.5. The number of nitrogens with two attached hydrogens (primary N) is 1. The van der Waals surface area contributed by atoms with Gasteiger partial charge in [-0.05, 0) is 31.2 Å². The zero-order valence-electron chi connectivity index (χ0n) is 13.2. The quantitative estimate of drug-likeness (QED) is 0.554. The maximum Gasteiger partial charge on any atom is 0.119 e. The number of hydrogen-bond acceptors (Lipinski definition) is 4. The molecular formula is C16H28NO4+. The maximum atomic E-state index is 5.59. The molecule has 0 atom stereocenters. The molecular weight excluding hydrogens is 270 g/mol. The van der Waals surface area contributed by atoms with E-state index in [2.05, 4.69) is 5.32 Å². The number of methoxy groups -OCH3 is 1. The summed E-state index contributed by atoms with van der Waals surface area (Å²) in [5, 5.41) is 2.24. The van der Waals surface area contributed by atoms with E-state index in [1.165, 1.54) is 0 Å². The van der Waals surface area contributed by atoms with Gasteiger partial charge in [0.2, 0.25) is 0 Å². The van der Waals surface area contributed by atoms with Crippen molar-refractivity contribution in [3.05, 3.63) is 24.3 Å². The topological polar surface area (TPSA) is 53.5 Å². The van der Waals surface area contributed by atoms with Gasteiger partial charge in [-0.1, -0.05) is 0 Å². The molecule has 0 saturated heterocycles. The van der Waals surface area contributed by atoms with Gasteiger partial charge in [0.05, 0.1) is 39.5 Å². The second kappa shape index (κ2) is 12.4. The highest BCUT2D eigenvalue weighted by Gasteiger charge is 1.97. The molecule has 0 saturated carbocycles. The first-order valence-corrected chi connectivity index (χ1v) is 7.60. The van der Waals surface area contributed by atoms with Gasteiger partial charge in [-0.25, -0.2) is 0 Å². The molecule has 0 amide bonds. The fourth-order valence-electron chi connectivity index (χ4n) is 1.80. The Labute approximate surface area is 127 Å². The number of quaternary nitrogens is 1. The Morgan fingerprint density at radius 2 is 1.57 bits per heavy atom. The summed E-state index contributed by atoms with van der Waals surface area (Å²) in [6, 6.07) is 7.65. The summed E-state index contributed by atoms with van der Waals surface area (Å²) in [7, 11) is 1.73. The monoisotopic (exact) mass is 298 g/mol. The molecule has 120 valence electrons. The van der Waals surface area contributed by atoms with E-state index in [9.17, 15) is 0 Å². The lowest BCUT2D eigenvalue weighted by Crippen LogP contribution is -2.85. The number of ether oxygens (including phenoxy) is 4. The Bertz CT molecular complexity index is 343. The van der Waals surface area contributed by atoms with E-state index >= 15 is 0 Å². The van der Waals surface area contributed by atoms with Crippen LogP contribution in [0.1, 0.15) is 13.3 Å². The molecule has 1 aromatic rings. The first-order chi connectivity index (χ1) is 10.4. The normalized spacial score (nSPS) is 10.6. The molecule has 0 spiro atoms. The van der Waals surface area contributed by atoms with Gasteiger partial charge in [0.15, 0.2) is 0 Å². The molecule has 0 aliphatic carbocycles. The van der Waals surface area contributed by atoms with Crippen molar-refractivity contribution >= 4 is 0 Å². The summed E-state index contributed by atoms with van der Waals surface area (Å²) in [5.74, 6) is 1.71. The smallest absolute Gasteiger partial charge is 0.119 e. The van der Waals surface area contributed by atoms with Crippen LogP contribution in [-0.2, 0) is 9.47 Å². The van der Waals surface area contributed by atoms with Crippen LogP contribution < -0.4 is 14.8 Å². The Morgan fingerprint density at radius 3 is 2.24 bits per heavy atom. The van der Waals surface area contributed by atoms with Crippen LogP contribution in [0.4, 0.5) is 0 Å². The molecule has 0 heterocycles. The first kappa shape index (κ1) is 17.8. The lowest BCUT2D eigenvalue weighted by atomic mass is 10.3. The van der Waals surface area contributed by atoms with Gasteiger partial charge in [-0.15, -0.1) is 0 Å². The Hall–Kier alpha value is -1.30. The molecule has 5 nitrogen and oxygen atoms in total. The average Bonchev–Trinajstić information content (AvgIpc) is 2.51. The molecule has 2 N–H and O–H groups in total. The fourth-order valence-corrected chi connectivity index (χ4v) is 1.80. The van der Waals surface area contributed by atoms with Crippen molar-refractivity contribution in [2.24, 2.45) is 0 Å². The zero-order chi connectivity index (χ0) is 15.2. The van der Waals surface area contributed by atoms with Gasteiger partial charge in [0, 0.05) is 13.5 Å². The van der Waals surface area contributed by atoms with Gasteiger partial charge >= 0.3 is 0 Å². The van der Waals surface area contributed by atoms with Crippen molar-refractivity contribution in [1.29, 1.82) is 0 Å². The van der Waals surface area contributed by atoms with Crippen molar-refractivity contribution < 1.29 is 24.3 Å². The molecule has 21 heavy (non-hydrogen) atoms. The van der Waals surface area contributed by atoms with Crippen molar-refractivity contribution in [2.75, 3.05) is 53.2 Å². The summed E-state index contributed by atoms with van der Waals surface area (Å²) in [6.07, 6.45) is 1.08. The van der Waals surface area contributed by atoms with Crippen LogP contribution in [0, 0.1) is 0 Å². The minimum Gasteiger partial charge on any atom is -0.494 e. The van der Waals surface area contributed by atoms with Crippen LogP contribution in [0.2, 0.25) is 0 Å². The fraction of sp³-hybridized carbons (Fsp3) is 0.625. The molecule has 1 aromatic carbocycles. The van der Waals surface area contributed by atoms with E-state index < -0.39 is 0 Å². The third-order valence-electron chi connectivity index (χ3n) is 2.85. The third-order valence-corrected chi connectivity index (χ3v) is 2.85. The van der Waals surface area contributed by atoms with Gasteiger partial charge in [0.25, 0.3) is 0 Å². The van der Waals surface area contributed by atoms with Crippen LogP contribution in [0.25, 0.3) is 0 Å². The van der Waals surface area contributed by atoms with Crippen molar-refractivity contribution in [1.82, 2.24) is 0 Å². The zero-order valence-corrected chi connectivity index (χ0v) is 13.2. The molecule has 0 radical (unpaired) electrons. The SMILES string of the molecule is CCOc1ccc(OCCOCC[NH2+]CCCOC)cc1. The largest absolute Gasteiger partial charge is 0.494 e. The minimum atomic E-state index is 0.567. The Morgan fingerprint density at radius 1 is 0.857 bits per heavy atom. The number of rotatable bonds is 13. The van der Waals surface area contributed by atoms with E-state index in [0.717, 1.165) is 44.2 Å². The van der Waals surface area contributed by atoms with Crippen molar-refractivity contribution in [3.63, 3.8) is 0 Å². The Kier molecular flexibility index (Phi) is 10.5. The molecule has 0 aromatic heterocycles. The van der Waals surface area contributed by atoms with E-state index in [1.807, 2.05) is 31.2 Å². The lowest BCUT2D eigenvalue weighted by molar-refractivity contribution is -0.656. The molecule has 0 fully saturated rings. The number of benzene rings is 1. The van der Waals surface area contributed by atoms with Crippen LogP contribution in [0.3, 0.4) is 0 Å². The predicted octanol–water partition coefficient (Wildman–Crippen LogP) is 1.08. The van der Waals surface area contributed by atoms with Crippen molar-refractivity contribution in [3.8, 4) is 11.5 Å². The second-order valence-electron chi connectivity index (χ2n) is 4.58. The minimum absolute atomic E-state index is 0.567. The highest BCUT2D eigenvalue weighted by atomic mass is 16.5. The van der Waals surface area contributed by atoms with Gasteiger partial charge in [-0.2, -0.15) is 0 Å². The van der Waals surface area contributed by atoms with E-state index in [4.69, 9.17) is 18.9 Å².